The second-order valence-corrected chi connectivity index (χ2v) is 4.80. The zero-order valence-corrected chi connectivity index (χ0v) is 10.6. The first kappa shape index (κ1) is 12.0. The van der Waals surface area contributed by atoms with Crippen molar-refractivity contribution in [1.82, 2.24) is 19.5 Å². The van der Waals surface area contributed by atoms with Gasteiger partial charge in [-0.25, -0.2) is 9.97 Å². The average molecular weight is 280 g/mol. The van der Waals surface area contributed by atoms with Crippen LogP contribution < -0.4 is 0 Å². The highest BCUT2D eigenvalue weighted by Gasteiger charge is 2.25. The van der Waals surface area contributed by atoms with Crippen molar-refractivity contribution in [3.8, 4) is 0 Å². The Morgan fingerprint density at radius 2 is 2.32 bits per heavy atom. The number of hydrogen-bond acceptors (Lipinski definition) is 5. The van der Waals surface area contributed by atoms with E-state index in [-0.39, 0.29) is 28.7 Å². The lowest BCUT2D eigenvalue weighted by molar-refractivity contribution is -0.485. The van der Waals surface area contributed by atoms with E-state index in [0.717, 1.165) is 0 Å². The summed E-state index contributed by atoms with van der Waals surface area (Å²) in [5.41, 5.74) is 1.31. The predicted octanol–water partition coefficient (Wildman–Crippen LogP) is 1.87. The maximum atomic E-state index is 10.5. The summed E-state index contributed by atoms with van der Waals surface area (Å²) in [4.78, 5) is 22.5. The molecule has 0 saturated carbocycles. The van der Waals surface area contributed by atoms with Crippen LogP contribution in [-0.4, -0.2) is 31.0 Å². The van der Waals surface area contributed by atoms with Crippen molar-refractivity contribution in [1.29, 1.82) is 0 Å². The molecular weight excluding hydrogens is 270 g/mol. The Bertz CT molecular complexity index is 668. The molecule has 0 fully saturated rings. The van der Waals surface area contributed by atoms with Crippen molar-refractivity contribution >= 4 is 22.8 Å². The molecule has 0 saturated heterocycles. The highest BCUT2D eigenvalue weighted by atomic mass is 35.5. The lowest BCUT2D eigenvalue weighted by Gasteiger charge is -2.11. The lowest BCUT2D eigenvalue weighted by atomic mass is 10.1. The van der Waals surface area contributed by atoms with E-state index in [4.69, 9.17) is 11.6 Å². The standard InChI is InChI=1S/C11H10ClN5O2/c12-11-13-4-9-10(15-11)16(6-14-9)8-2-1-7(3-8)5-17(18)19/h1-2,4,6-8H,3,5H2. The molecule has 0 N–H and O–H groups in total. The highest BCUT2D eigenvalue weighted by Crippen LogP contribution is 2.30. The first-order valence-corrected chi connectivity index (χ1v) is 6.16. The van der Waals surface area contributed by atoms with E-state index in [0.29, 0.717) is 17.6 Å². The molecule has 0 radical (unpaired) electrons. The number of aromatic nitrogens is 4. The van der Waals surface area contributed by atoms with E-state index in [2.05, 4.69) is 15.0 Å². The summed E-state index contributed by atoms with van der Waals surface area (Å²) < 4.78 is 1.87. The average Bonchev–Trinajstić information content (AvgIpc) is 2.94. The number of nitro groups is 1. The van der Waals surface area contributed by atoms with Crippen LogP contribution in [0.25, 0.3) is 11.2 Å². The fraction of sp³-hybridized carbons (Fsp3) is 0.364. The maximum Gasteiger partial charge on any atom is 0.224 e. The van der Waals surface area contributed by atoms with Gasteiger partial charge in [-0.3, -0.25) is 10.1 Å². The molecule has 3 rings (SSSR count). The van der Waals surface area contributed by atoms with Crippen LogP contribution in [0.5, 0.6) is 0 Å². The molecule has 2 heterocycles. The first-order chi connectivity index (χ1) is 9.13. The fourth-order valence-corrected chi connectivity index (χ4v) is 2.46. The molecule has 1 aliphatic rings. The molecule has 8 heteroatoms. The van der Waals surface area contributed by atoms with Gasteiger partial charge < -0.3 is 4.57 Å². The van der Waals surface area contributed by atoms with Gasteiger partial charge in [0.15, 0.2) is 5.65 Å². The molecule has 0 aliphatic heterocycles. The van der Waals surface area contributed by atoms with Gasteiger partial charge in [0.25, 0.3) is 0 Å². The number of fused-ring (bicyclic) bond motifs is 1. The van der Waals surface area contributed by atoms with Crippen LogP contribution >= 0.6 is 11.6 Å². The Morgan fingerprint density at radius 1 is 1.47 bits per heavy atom. The third kappa shape index (κ3) is 2.28. The van der Waals surface area contributed by atoms with E-state index in [1.807, 2.05) is 16.7 Å². The van der Waals surface area contributed by atoms with Crippen LogP contribution in [-0.2, 0) is 0 Å². The number of imidazole rings is 1. The van der Waals surface area contributed by atoms with Crippen molar-refractivity contribution in [2.75, 3.05) is 6.54 Å². The molecule has 98 valence electrons. The summed E-state index contributed by atoms with van der Waals surface area (Å²) in [7, 11) is 0. The van der Waals surface area contributed by atoms with Crippen molar-refractivity contribution in [2.45, 2.75) is 12.5 Å². The summed E-state index contributed by atoms with van der Waals surface area (Å²) in [6.07, 6.45) is 7.73. The minimum atomic E-state index is -0.289. The summed E-state index contributed by atoms with van der Waals surface area (Å²) in [5, 5.41) is 10.7. The van der Waals surface area contributed by atoms with E-state index in [9.17, 15) is 10.1 Å². The Labute approximate surface area is 113 Å². The van der Waals surface area contributed by atoms with E-state index in [1.165, 1.54) is 0 Å². The second-order valence-electron chi connectivity index (χ2n) is 4.46. The van der Waals surface area contributed by atoms with E-state index in [1.54, 1.807) is 12.5 Å². The van der Waals surface area contributed by atoms with Crippen LogP contribution in [0, 0.1) is 16.0 Å². The zero-order chi connectivity index (χ0) is 13.4. The molecule has 0 spiro atoms. The number of halogens is 1. The second kappa shape index (κ2) is 4.58. The van der Waals surface area contributed by atoms with Gasteiger partial charge in [-0.1, -0.05) is 12.2 Å². The molecular formula is C11H10ClN5O2. The van der Waals surface area contributed by atoms with E-state index >= 15 is 0 Å². The van der Waals surface area contributed by atoms with E-state index < -0.39 is 0 Å². The van der Waals surface area contributed by atoms with Crippen LogP contribution in [0.4, 0.5) is 0 Å². The molecule has 0 amide bonds. The van der Waals surface area contributed by atoms with Crippen LogP contribution in [0.1, 0.15) is 12.5 Å². The first-order valence-electron chi connectivity index (χ1n) is 5.78. The molecule has 2 unspecified atom stereocenters. The van der Waals surface area contributed by atoms with Gasteiger partial charge in [-0.2, -0.15) is 4.98 Å². The molecule has 2 aromatic heterocycles. The number of rotatable bonds is 3. The van der Waals surface area contributed by atoms with Crippen molar-refractivity contribution in [2.24, 2.45) is 5.92 Å². The summed E-state index contributed by atoms with van der Waals surface area (Å²) in [5.74, 6) is -0.0465. The van der Waals surface area contributed by atoms with Crippen LogP contribution in [0.15, 0.2) is 24.7 Å². The van der Waals surface area contributed by atoms with Gasteiger partial charge in [0.2, 0.25) is 11.8 Å². The molecule has 0 aromatic carbocycles. The normalized spacial score (nSPS) is 22.2. The topological polar surface area (TPSA) is 86.7 Å². The lowest BCUT2D eigenvalue weighted by Crippen LogP contribution is -2.13. The molecule has 0 bridgehead atoms. The van der Waals surface area contributed by atoms with Crippen molar-refractivity contribution in [3.63, 3.8) is 0 Å². The van der Waals surface area contributed by atoms with Gasteiger partial charge in [0.1, 0.15) is 5.52 Å². The summed E-state index contributed by atoms with van der Waals surface area (Å²) >= 11 is 5.78. The van der Waals surface area contributed by atoms with Gasteiger partial charge in [0.05, 0.1) is 18.6 Å². The SMILES string of the molecule is O=[N+]([O-])CC1C=CC(n2cnc3cnc(Cl)nc32)C1. The van der Waals surface area contributed by atoms with Gasteiger partial charge in [-0.15, -0.1) is 0 Å². The Kier molecular flexibility index (Phi) is 2.90. The summed E-state index contributed by atoms with van der Waals surface area (Å²) in [6, 6.07) is 0.0286. The Balaban J connectivity index is 1.88. The number of hydrogen-bond donors (Lipinski definition) is 0. The Morgan fingerprint density at radius 3 is 3.11 bits per heavy atom. The van der Waals surface area contributed by atoms with Crippen molar-refractivity contribution in [3.05, 3.63) is 40.1 Å². The maximum absolute atomic E-state index is 10.5. The quantitative estimate of drug-likeness (QED) is 0.370. The zero-order valence-electron chi connectivity index (χ0n) is 9.81. The minimum Gasteiger partial charge on any atom is -0.308 e. The van der Waals surface area contributed by atoms with Crippen molar-refractivity contribution < 1.29 is 4.92 Å². The van der Waals surface area contributed by atoms with Crippen LogP contribution in [0.2, 0.25) is 5.28 Å². The third-order valence-electron chi connectivity index (χ3n) is 3.18. The van der Waals surface area contributed by atoms with Crippen LogP contribution in [0.3, 0.4) is 0 Å². The van der Waals surface area contributed by atoms with Gasteiger partial charge in [-0.05, 0) is 18.0 Å². The predicted molar refractivity (Wildman–Crippen MR) is 68.5 cm³/mol. The van der Waals surface area contributed by atoms with Gasteiger partial charge in [0, 0.05) is 10.8 Å². The molecule has 19 heavy (non-hydrogen) atoms. The monoisotopic (exact) mass is 279 g/mol. The number of allylic oxidation sites excluding steroid dienone is 1. The molecule has 2 atom stereocenters. The fourth-order valence-electron chi connectivity index (χ4n) is 2.33. The molecule has 2 aromatic rings. The smallest absolute Gasteiger partial charge is 0.224 e. The third-order valence-corrected chi connectivity index (χ3v) is 3.36. The Hall–Kier alpha value is -2.02. The largest absolute Gasteiger partial charge is 0.308 e. The van der Waals surface area contributed by atoms with Gasteiger partial charge >= 0.3 is 0 Å². The highest BCUT2D eigenvalue weighted by molar-refractivity contribution is 6.28. The molecule has 7 nitrogen and oxygen atoms in total. The summed E-state index contributed by atoms with van der Waals surface area (Å²) in [6.45, 7) is -0.0463. The minimum absolute atomic E-state index is 0.0286. The molecule has 1 aliphatic carbocycles. The number of nitrogens with zero attached hydrogens (tertiary/aromatic N) is 5.